The summed E-state index contributed by atoms with van der Waals surface area (Å²) in [6, 6.07) is 11.0. The first-order chi connectivity index (χ1) is 16.9. The molecule has 0 bridgehead atoms. The third-order valence-corrected chi connectivity index (χ3v) is 6.20. The largest absolute Gasteiger partial charge is 0.497 e. The Morgan fingerprint density at radius 2 is 1.91 bits per heavy atom. The fourth-order valence-electron chi connectivity index (χ4n) is 4.58. The molecule has 0 radical (unpaired) electrons. The minimum Gasteiger partial charge on any atom is -0.497 e. The van der Waals surface area contributed by atoms with Crippen LogP contribution in [-0.2, 0) is 11.2 Å². The molecule has 1 atom stereocenters. The Morgan fingerprint density at radius 1 is 1.14 bits per heavy atom. The number of ether oxygens (including phenoxy) is 2. The predicted octanol–water partition coefficient (Wildman–Crippen LogP) is 2.13. The molecule has 0 spiro atoms. The third kappa shape index (κ3) is 3.77. The molecule has 10 nitrogen and oxygen atoms in total. The van der Waals surface area contributed by atoms with Gasteiger partial charge in [0.2, 0.25) is 5.88 Å². The summed E-state index contributed by atoms with van der Waals surface area (Å²) >= 11 is 0. The van der Waals surface area contributed by atoms with Crippen LogP contribution in [-0.4, -0.2) is 45.9 Å². The molecule has 0 saturated carbocycles. The Bertz CT molecular complexity index is 1550. The fraction of sp³-hybridized carbons (Fsp3) is 0.240. The maximum Gasteiger partial charge on any atom is 0.338 e. The Balaban J connectivity index is 1.63. The van der Waals surface area contributed by atoms with Crippen molar-refractivity contribution in [1.29, 1.82) is 0 Å². The van der Waals surface area contributed by atoms with Gasteiger partial charge in [0.1, 0.15) is 11.3 Å². The zero-order chi connectivity index (χ0) is 24.7. The van der Waals surface area contributed by atoms with Crippen LogP contribution in [0.25, 0.3) is 16.6 Å². The Kier molecular flexibility index (Phi) is 5.65. The molecular weight excluding hydrogens is 452 g/mol. The number of hydrogen-bond donors (Lipinski definition) is 4. The molecule has 2 aromatic heterocycles. The number of carbonyl (C=O) groups excluding carboxylic acids is 1. The summed E-state index contributed by atoms with van der Waals surface area (Å²) in [5.41, 5.74) is 1.75. The SMILES string of the molecule is CCOC(=O)c1ccc(-n2c(O)c([C@@H]3NCCc4c3[nH]c3ccc(OC)cc43)c(=O)[nH]c2=O)cc1. The highest BCUT2D eigenvalue weighted by molar-refractivity contribution is 5.89. The number of nitrogens with one attached hydrogen (secondary N) is 3. The number of H-pyrrole nitrogens is 2. The van der Waals surface area contributed by atoms with Gasteiger partial charge in [-0.3, -0.25) is 9.78 Å². The maximum atomic E-state index is 12.9. The first kappa shape index (κ1) is 22.5. The summed E-state index contributed by atoms with van der Waals surface area (Å²) in [6.07, 6.45) is 0.715. The number of aromatic hydroxyl groups is 1. The maximum absolute atomic E-state index is 12.9. The van der Waals surface area contributed by atoms with Gasteiger partial charge in [-0.25, -0.2) is 14.2 Å². The van der Waals surface area contributed by atoms with Crippen LogP contribution in [0.4, 0.5) is 0 Å². The minimum atomic E-state index is -0.794. The van der Waals surface area contributed by atoms with Gasteiger partial charge in [-0.1, -0.05) is 0 Å². The van der Waals surface area contributed by atoms with E-state index in [2.05, 4.69) is 15.3 Å². The zero-order valence-electron chi connectivity index (χ0n) is 19.2. The Hall–Kier alpha value is -4.31. The summed E-state index contributed by atoms with van der Waals surface area (Å²) in [4.78, 5) is 43.2. The van der Waals surface area contributed by atoms with Crippen molar-refractivity contribution in [3.05, 3.63) is 85.7 Å². The molecule has 5 rings (SSSR count). The molecular formula is C25H24N4O6. The molecule has 0 aliphatic carbocycles. The van der Waals surface area contributed by atoms with Crippen LogP contribution in [0.5, 0.6) is 11.6 Å². The lowest BCUT2D eigenvalue weighted by Gasteiger charge is -2.25. The van der Waals surface area contributed by atoms with Gasteiger partial charge in [0, 0.05) is 23.1 Å². The monoisotopic (exact) mass is 476 g/mol. The lowest BCUT2D eigenvalue weighted by Crippen LogP contribution is -2.38. The number of aromatic nitrogens is 3. The fourth-order valence-corrected chi connectivity index (χ4v) is 4.58. The van der Waals surface area contributed by atoms with E-state index >= 15 is 0 Å². The van der Waals surface area contributed by atoms with Crippen LogP contribution < -0.4 is 21.3 Å². The van der Waals surface area contributed by atoms with Crippen LogP contribution in [0, 0.1) is 0 Å². The van der Waals surface area contributed by atoms with Gasteiger partial charge in [0.15, 0.2) is 0 Å². The van der Waals surface area contributed by atoms with Gasteiger partial charge in [-0.2, -0.15) is 0 Å². The molecule has 10 heteroatoms. The summed E-state index contributed by atoms with van der Waals surface area (Å²) < 4.78 is 11.3. The van der Waals surface area contributed by atoms with Crippen molar-refractivity contribution in [2.75, 3.05) is 20.3 Å². The molecule has 0 saturated heterocycles. The second kappa shape index (κ2) is 8.80. The van der Waals surface area contributed by atoms with Crippen LogP contribution >= 0.6 is 0 Å². The van der Waals surface area contributed by atoms with E-state index in [1.54, 1.807) is 14.0 Å². The average Bonchev–Trinajstić information content (AvgIpc) is 3.23. The second-order valence-electron chi connectivity index (χ2n) is 8.17. The highest BCUT2D eigenvalue weighted by Gasteiger charge is 2.31. The molecule has 4 N–H and O–H groups in total. The van der Waals surface area contributed by atoms with Crippen LogP contribution in [0.1, 0.15) is 40.1 Å². The smallest absolute Gasteiger partial charge is 0.338 e. The minimum absolute atomic E-state index is 0.0125. The van der Waals surface area contributed by atoms with Gasteiger partial charge < -0.3 is 24.9 Å². The number of aromatic amines is 2. The zero-order valence-corrected chi connectivity index (χ0v) is 19.2. The number of hydrogen-bond acceptors (Lipinski definition) is 7. The van der Waals surface area contributed by atoms with E-state index in [1.165, 1.54) is 24.3 Å². The second-order valence-corrected chi connectivity index (χ2v) is 8.17. The number of fused-ring (bicyclic) bond motifs is 3. The van der Waals surface area contributed by atoms with E-state index in [-0.39, 0.29) is 17.9 Å². The normalized spacial score (nSPS) is 15.1. The summed E-state index contributed by atoms with van der Waals surface area (Å²) in [6.45, 7) is 2.51. The van der Waals surface area contributed by atoms with E-state index in [0.29, 0.717) is 18.5 Å². The van der Waals surface area contributed by atoms with E-state index in [4.69, 9.17) is 9.47 Å². The van der Waals surface area contributed by atoms with Gasteiger partial charge >= 0.3 is 11.7 Å². The molecule has 35 heavy (non-hydrogen) atoms. The van der Waals surface area contributed by atoms with Gasteiger partial charge in [-0.05, 0) is 61.4 Å². The lowest BCUT2D eigenvalue weighted by atomic mass is 9.95. The van der Waals surface area contributed by atoms with Crippen molar-refractivity contribution in [3.63, 3.8) is 0 Å². The number of nitrogens with zero attached hydrogens (tertiary/aromatic N) is 1. The summed E-state index contributed by atoms with van der Waals surface area (Å²) in [5.74, 6) is -0.258. The van der Waals surface area contributed by atoms with Crippen LogP contribution in [0.2, 0.25) is 0 Å². The molecule has 180 valence electrons. The molecule has 1 aliphatic heterocycles. The number of carbonyl (C=O) groups is 1. The van der Waals surface area contributed by atoms with Crippen LogP contribution in [0.3, 0.4) is 0 Å². The van der Waals surface area contributed by atoms with E-state index < -0.39 is 29.1 Å². The van der Waals surface area contributed by atoms with E-state index in [0.717, 1.165) is 32.5 Å². The average molecular weight is 476 g/mol. The van der Waals surface area contributed by atoms with Crippen molar-refractivity contribution in [2.24, 2.45) is 0 Å². The highest BCUT2D eigenvalue weighted by atomic mass is 16.5. The molecule has 1 aliphatic rings. The van der Waals surface area contributed by atoms with E-state index in [1.807, 2.05) is 18.2 Å². The van der Waals surface area contributed by atoms with Crippen molar-refractivity contribution in [1.82, 2.24) is 19.9 Å². The first-order valence-electron chi connectivity index (χ1n) is 11.2. The van der Waals surface area contributed by atoms with Gasteiger partial charge in [-0.15, -0.1) is 0 Å². The molecule has 4 aromatic rings. The van der Waals surface area contributed by atoms with Gasteiger partial charge in [0.05, 0.1) is 31.0 Å². The number of methoxy groups -OCH3 is 1. The van der Waals surface area contributed by atoms with Crippen molar-refractivity contribution in [2.45, 2.75) is 19.4 Å². The molecule has 2 aromatic carbocycles. The predicted molar refractivity (Wildman–Crippen MR) is 129 cm³/mol. The lowest BCUT2D eigenvalue weighted by molar-refractivity contribution is 0.0526. The van der Waals surface area contributed by atoms with Crippen molar-refractivity contribution < 1.29 is 19.4 Å². The summed E-state index contributed by atoms with van der Waals surface area (Å²) in [7, 11) is 1.60. The van der Waals surface area contributed by atoms with Crippen LogP contribution in [0.15, 0.2) is 52.1 Å². The Labute approximate surface area is 199 Å². The molecule has 3 heterocycles. The number of rotatable bonds is 5. The van der Waals surface area contributed by atoms with Crippen molar-refractivity contribution in [3.8, 4) is 17.3 Å². The number of benzene rings is 2. The molecule has 0 unspecified atom stereocenters. The quantitative estimate of drug-likeness (QED) is 0.324. The van der Waals surface area contributed by atoms with Gasteiger partial charge in [0.25, 0.3) is 5.56 Å². The standard InChI is InChI=1S/C25H24N4O6/c1-3-35-24(32)13-4-6-14(7-5-13)29-23(31)19(22(30)28-25(29)33)21-20-16(10-11-26-21)17-12-15(34-2)8-9-18(17)27-20/h4-9,12,21,26-27,31H,3,10-11H2,1-2H3,(H,28,30,33)/t21-/m0/s1. The third-order valence-electron chi connectivity index (χ3n) is 6.20. The number of esters is 1. The molecule has 0 fully saturated rings. The van der Waals surface area contributed by atoms with Crippen molar-refractivity contribution >= 4 is 16.9 Å². The first-order valence-corrected chi connectivity index (χ1v) is 11.2. The topological polar surface area (TPSA) is 138 Å². The molecule has 0 amide bonds. The Morgan fingerprint density at radius 3 is 2.63 bits per heavy atom. The highest BCUT2D eigenvalue weighted by Crippen LogP contribution is 2.36. The summed E-state index contributed by atoms with van der Waals surface area (Å²) in [5, 5.41) is 15.4. The van der Waals surface area contributed by atoms with E-state index in [9.17, 15) is 19.5 Å².